The summed E-state index contributed by atoms with van der Waals surface area (Å²) in [6.07, 6.45) is -0.588. The van der Waals surface area contributed by atoms with Gasteiger partial charge in [0.2, 0.25) is 0 Å². The molecule has 4 atom stereocenters. The van der Waals surface area contributed by atoms with Crippen LogP contribution in [0.1, 0.15) is 12.1 Å². The van der Waals surface area contributed by atoms with Gasteiger partial charge in [-0.1, -0.05) is 0 Å². The summed E-state index contributed by atoms with van der Waals surface area (Å²) in [6.45, 7) is 1.40. The Kier molecular flexibility index (Phi) is 3.84. The Labute approximate surface area is 124 Å². The number of aromatic nitrogens is 4. The van der Waals surface area contributed by atoms with E-state index >= 15 is 0 Å². The van der Waals surface area contributed by atoms with Gasteiger partial charge >= 0.3 is 0 Å². The van der Waals surface area contributed by atoms with Crippen LogP contribution in [-0.4, -0.2) is 66.0 Å². The van der Waals surface area contributed by atoms with Crippen molar-refractivity contribution in [2.75, 3.05) is 12.9 Å². The lowest BCUT2D eigenvalue weighted by Crippen LogP contribution is -2.33. The lowest BCUT2D eigenvalue weighted by molar-refractivity contribution is -0.0511. The van der Waals surface area contributed by atoms with Gasteiger partial charge in [-0.2, -0.15) is 0 Å². The standard InChI is InChI=1S/C12H16N4O4S/c1-5-14-10-7(11(15-5)21-2)13-4-16(10)12-9(19)8(18)6(3-17)20-12/h4,6,8-9,12,17-19H,3H2,1-2H3/t6-,8-,9-,12-/m1/s1. The van der Waals surface area contributed by atoms with Crippen LogP contribution in [0.3, 0.4) is 0 Å². The first-order valence-corrected chi connectivity index (χ1v) is 7.67. The predicted octanol–water partition coefficient (Wildman–Crippen LogP) is -0.532. The molecule has 0 aromatic carbocycles. The van der Waals surface area contributed by atoms with Crippen LogP contribution < -0.4 is 0 Å². The molecule has 3 N–H and O–H groups in total. The molecule has 0 spiro atoms. The van der Waals surface area contributed by atoms with Gasteiger partial charge in [0.25, 0.3) is 0 Å². The van der Waals surface area contributed by atoms with Crippen LogP contribution in [0.4, 0.5) is 0 Å². The fourth-order valence-electron chi connectivity index (χ4n) is 2.43. The van der Waals surface area contributed by atoms with E-state index in [0.717, 1.165) is 5.03 Å². The van der Waals surface area contributed by atoms with Gasteiger partial charge in [-0.25, -0.2) is 15.0 Å². The number of aliphatic hydroxyl groups excluding tert-OH is 3. The molecule has 114 valence electrons. The maximum Gasteiger partial charge on any atom is 0.166 e. The zero-order chi connectivity index (χ0) is 15.1. The Bertz CT molecular complexity index is 664. The quantitative estimate of drug-likeness (QED) is 0.512. The molecule has 1 aliphatic rings. The first kappa shape index (κ1) is 14.7. The minimum atomic E-state index is -1.16. The van der Waals surface area contributed by atoms with E-state index in [9.17, 15) is 10.2 Å². The zero-order valence-corrected chi connectivity index (χ0v) is 12.4. The zero-order valence-electron chi connectivity index (χ0n) is 11.5. The fraction of sp³-hybridized carbons (Fsp3) is 0.583. The van der Waals surface area contributed by atoms with Crippen molar-refractivity contribution >= 4 is 22.9 Å². The number of hydrogen-bond acceptors (Lipinski definition) is 8. The largest absolute Gasteiger partial charge is 0.394 e. The molecule has 0 amide bonds. The van der Waals surface area contributed by atoms with Gasteiger partial charge in [0.1, 0.15) is 34.7 Å². The molecule has 21 heavy (non-hydrogen) atoms. The molecule has 2 aromatic rings. The van der Waals surface area contributed by atoms with E-state index in [2.05, 4.69) is 15.0 Å². The van der Waals surface area contributed by atoms with Crippen LogP contribution in [0.2, 0.25) is 0 Å². The van der Waals surface area contributed by atoms with Crippen molar-refractivity contribution in [1.29, 1.82) is 0 Å². The second-order valence-corrected chi connectivity index (χ2v) is 5.63. The van der Waals surface area contributed by atoms with Gasteiger partial charge in [-0.05, 0) is 13.2 Å². The van der Waals surface area contributed by atoms with Crippen LogP contribution in [0.5, 0.6) is 0 Å². The first-order chi connectivity index (χ1) is 10.1. The summed E-state index contributed by atoms with van der Waals surface area (Å²) in [5.74, 6) is 0.584. The lowest BCUT2D eigenvalue weighted by atomic mass is 10.1. The molecule has 1 fully saturated rings. The van der Waals surface area contributed by atoms with Crippen LogP contribution in [0, 0.1) is 6.92 Å². The van der Waals surface area contributed by atoms with Gasteiger partial charge in [0.15, 0.2) is 11.9 Å². The molecule has 1 saturated heterocycles. The van der Waals surface area contributed by atoms with Crippen LogP contribution in [0.25, 0.3) is 11.2 Å². The SMILES string of the molecule is CSc1nc(C)nc2c1ncn2[C@@H]1O[C@H](CO)[C@@H](O)[C@H]1O. The molecule has 1 aliphatic heterocycles. The minimum Gasteiger partial charge on any atom is -0.394 e. The van der Waals surface area contributed by atoms with E-state index in [4.69, 9.17) is 9.84 Å². The van der Waals surface area contributed by atoms with E-state index < -0.39 is 24.5 Å². The third-order valence-electron chi connectivity index (χ3n) is 3.49. The average molecular weight is 312 g/mol. The molecule has 8 nitrogen and oxygen atoms in total. The smallest absolute Gasteiger partial charge is 0.166 e. The summed E-state index contributed by atoms with van der Waals surface area (Å²) in [4.78, 5) is 12.9. The first-order valence-electron chi connectivity index (χ1n) is 6.44. The van der Waals surface area contributed by atoms with Crippen LogP contribution in [-0.2, 0) is 4.74 Å². The van der Waals surface area contributed by atoms with Gasteiger partial charge < -0.3 is 20.1 Å². The van der Waals surface area contributed by atoms with E-state index in [1.54, 1.807) is 11.5 Å². The van der Waals surface area contributed by atoms with E-state index in [1.807, 2.05) is 6.26 Å². The Morgan fingerprint density at radius 3 is 2.71 bits per heavy atom. The average Bonchev–Trinajstić information content (AvgIpc) is 3.01. The molecule has 3 rings (SSSR count). The fourth-order valence-corrected chi connectivity index (χ4v) is 2.99. The van der Waals surface area contributed by atoms with Crippen LogP contribution in [0.15, 0.2) is 11.4 Å². The summed E-state index contributed by atoms with van der Waals surface area (Å²) < 4.78 is 7.07. The maximum atomic E-state index is 10.1. The van der Waals surface area contributed by atoms with Crippen LogP contribution >= 0.6 is 11.8 Å². The second-order valence-electron chi connectivity index (χ2n) is 4.83. The van der Waals surface area contributed by atoms with Gasteiger partial charge in [-0.15, -0.1) is 11.8 Å². The molecule has 0 radical (unpaired) electrons. The summed E-state index contributed by atoms with van der Waals surface area (Å²) in [6, 6.07) is 0. The minimum absolute atomic E-state index is 0.370. The Morgan fingerprint density at radius 2 is 2.10 bits per heavy atom. The Morgan fingerprint density at radius 1 is 1.33 bits per heavy atom. The number of fused-ring (bicyclic) bond motifs is 1. The van der Waals surface area contributed by atoms with Crippen molar-refractivity contribution in [3.8, 4) is 0 Å². The summed E-state index contributed by atoms with van der Waals surface area (Å²) in [5, 5.41) is 29.8. The van der Waals surface area contributed by atoms with Gasteiger partial charge in [-0.3, -0.25) is 4.57 Å². The number of thioether (sulfide) groups is 1. The summed E-state index contributed by atoms with van der Waals surface area (Å²) in [5.41, 5.74) is 1.15. The molecule has 0 aliphatic carbocycles. The summed E-state index contributed by atoms with van der Waals surface area (Å²) in [7, 11) is 0. The molecular formula is C12H16N4O4S. The third kappa shape index (κ3) is 2.30. The highest BCUT2D eigenvalue weighted by Crippen LogP contribution is 2.32. The van der Waals surface area contributed by atoms with Crippen molar-refractivity contribution in [2.24, 2.45) is 0 Å². The number of ether oxygens (including phenoxy) is 1. The summed E-state index contributed by atoms with van der Waals surface area (Å²) >= 11 is 1.46. The number of nitrogens with zero attached hydrogens (tertiary/aromatic N) is 4. The van der Waals surface area contributed by atoms with Crippen molar-refractivity contribution < 1.29 is 20.1 Å². The normalized spacial score (nSPS) is 29.4. The number of hydrogen-bond donors (Lipinski definition) is 3. The topological polar surface area (TPSA) is 114 Å². The van der Waals surface area contributed by atoms with E-state index in [1.165, 1.54) is 18.1 Å². The van der Waals surface area contributed by atoms with Crippen molar-refractivity contribution in [3.63, 3.8) is 0 Å². The van der Waals surface area contributed by atoms with Gasteiger partial charge in [0.05, 0.1) is 12.9 Å². The van der Waals surface area contributed by atoms with Gasteiger partial charge in [0, 0.05) is 0 Å². The highest BCUT2D eigenvalue weighted by molar-refractivity contribution is 7.98. The third-order valence-corrected chi connectivity index (χ3v) is 4.16. The highest BCUT2D eigenvalue weighted by Gasteiger charge is 2.44. The molecule has 0 saturated carbocycles. The molecule has 0 unspecified atom stereocenters. The van der Waals surface area contributed by atoms with E-state index in [0.29, 0.717) is 17.0 Å². The molecular weight excluding hydrogens is 296 g/mol. The number of aliphatic hydroxyl groups is 3. The second kappa shape index (κ2) is 5.50. The highest BCUT2D eigenvalue weighted by atomic mass is 32.2. The monoisotopic (exact) mass is 312 g/mol. The number of imidazole rings is 1. The molecule has 2 aromatic heterocycles. The maximum absolute atomic E-state index is 10.1. The lowest BCUT2D eigenvalue weighted by Gasteiger charge is -2.16. The predicted molar refractivity (Wildman–Crippen MR) is 74.9 cm³/mol. The van der Waals surface area contributed by atoms with Crippen molar-refractivity contribution in [2.45, 2.75) is 36.5 Å². The van der Waals surface area contributed by atoms with Crippen molar-refractivity contribution in [3.05, 3.63) is 12.2 Å². The molecule has 3 heterocycles. The molecule has 9 heteroatoms. The van der Waals surface area contributed by atoms with Crippen molar-refractivity contribution in [1.82, 2.24) is 19.5 Å². The Hall–Kier alpha value is -1.26. The Balaban J connectivity index is 2.07. The molecule has 0 bridgehead atoms. The number of rotatable bonds is 3. The van der Waals surface area contributed by atoms with E-state index in [-0.39, 0.29) is 6.61 Å². The number of aryl methyl sites for hydroxylation is 1.